The molecule has 0 N–H and O–H groups in total. The van der Waals surface area contributed by atoms with Gasteiger partial charge < -0.3 is 18.6 Å². The van der Waals surface area contributed by atoms with E-state index >= 15 is 0 Å². The van der Waals surface area contributed by atoms with Crippen LogP contribution in [0.4, 0.5) is 0 Å². The van der Waals surface area contributed by atoms with Gasteiger partial charge in [0.15, 0.2) is 11.5 Å². The fourth-order valence-corrected chi connectivity index (χ4v) is 2.72. The Bertz CT molecular complexity index is 611. The van der Waals surface area contributed by atoms with Gasteiger partial charge in [-0.25, -0.2) is 0 Å². The van der Waals surface area contributed by atoms with Crippen molar-refractivity contribution in [2.75, 3.05) is 33.4 Å². The lowest BCUT2D eigenvalue weighted by molar-refractivity contribution is -0.0520. The third kappa shape index (κ3) is 4.27. The SMILES string of the molecule is COc1cc(C)ccc1OC[C@@H]1CN(Cc2ccco2)CCO1. The van der Waals surface area contributed by atoms with Crippen LogP contribution < -0.4 is 9.47 Å². The molecule has 23 heavy (non-hydrogen) atoms. The van der Waals surface area contributed by atoms with Gasteiger partial charge in [-0.05, 0) is 36.8 Å². The van der Waals surface area contributed by atoms with E-state index in [4.69, 9.17) is 18.6 Å². The summed E-state index contributed by atoms with van der Waals surface area (Å²) in [5.41, 5.74) is 1.15. The molecule has 0 amide bonds. The van der Waals surface area contributed by atoms with Gasteiger partial charge in [-0.15, -0.1) is 0 Å². The molecule has 0 aliphatic carbocycles. The van der Waals surface area contributed by atoms with Crippen molar-refractivity contribution in [2.24, 2.45) is 0 Å². The second-order valence-corrected chi connectivity index (χ2v) is 5.77. The molecule has 0 spiro atoms. The molecule has 2 heterocycles. The van der Waals surface area contributed by atoms with E-state index < -0.39 is 0 Å². The molecule has 2 aromatic rings. The van der Waals surface area contributed by atoms with Crippen LogP contribution in [0.2, 0.25) is 0 Å². The minimum Gasteiger partial charge on any atom is -0.493 e. The van der Waals surface area contributed by atoms with Gasteiger partial charge in [-0.1, -0.05) is 6.07 Å². The van der Waals surface area contributed by atoms with Crippen molar-refractivity contribution in [3.63, 3.8) is 0 Å². The van der Waals surface area contributed by atoms with Crippen molar-refractivity contribution in [2.45, 2.75) is 19.6 Å². The minimum absolute atomic E-state index is 0.0460. The number of rotatable bonds is 6. The topological polar surface area (TPSA) is 44.1 Å². The first-order valence-electron chi connectivity index (χ1n) is 7.88. The van der Waals surface area contributed by atoms with E-state index in [1.165, 1.54) is 0 Å². The molecule has 5 heteroatoms. The van der Waals surface area contributed by atoms with Crippen LogP contribution in [0.15, 0.2) is 41.0 Å². The minimum atomic E-state index is 0.0460. The first-order valence-corrected chi connectivity index (χ1v) is 7.88. The van der Waals surface area contributed by atoms with Gasteiger partial charge in [0.05, 0.1) is 26.5 Å². The van der Waals surface area contributed by atoms with E-state index in [1.807, 2.05) is 37.3 Å². The Balaban J connectivity index is 1.53. The Morgan fingerprint density at radius 3 is 2.96 bits per heavy atom. The number of hydrogen-bond acceptors (Lipinski definition) is 5. The summed E-state index contributed by atoms with van der Waals surface area (Å²) in [4.78, 5) is 2.32. The van der Waals surface area contributed by atoms with Crippen LogP contribution in [-0.4, -0.2) is 44.4 Å². The van der Waals surface area contributed by atoms with E-state index in [0.717, 1.165) is 42.5 Å². The van der Waals surface area contributed by atoms with Crippen LogP contribution in [0.5, 0.6) is 11.5 Å². The quantitative estimate of drug-likeness (QED) is 0.820. The molecule has 0 unspecified atom stereocenters. The first kappa shape index (κ1) is 15.9. The number of morpholine rings is 1. The lowest BCUT2D eigenvalue weighted by Gasteiger charge is -2.32. The summed E-state index contributed by atoms with van der Waals surface area (Å²) in [5, 5.41) is 0. The number of methoxy groups -OCH3 is 1. The van der Waals surface area contributed by atoms with Crippen LogP contribution in [0.25, 0.3) is 0 Å². The highest BCUT2D eigenvalue weighted by Gasteiger charge is 2.22. The molecule has 1 fully saturated rings. The lowest BCUT2D eigenvalue weighted by Crippen LogP contribution is -2.44. The normalized spacial score (nSPS) is 18.8. The second-order valence-electron chi connectivity index (χ2n) is 5.77. The molecule has 0 bridgehead atoms. The number of ether oxygens (including phenoxy) is 3. The van der Waals surface area contributed by atoms with E-state index in [1.54, 1.807) is 13.4 Å². The van der Waals surface area contributed by atoms with Crippen molar-refractivity contribution in [3.8, 4) is 11.5 Å². The summed E-state index contributed by atoms with van der Waals surface area (Å²) in [6.45, 7) is 5.79. The van der Waals surface area contributed by atoms with Gasteiger partial charge in [0.2, 0.25) is 0 Å². The van der Waals surface area contributed by atoms with Crippen molar-refractivity contribution < 1.29 is 18.6 Å². The number of hydrogen-bond donors (Lipinski definition) is 0. The highest BCUT2D eigenvalue weighted by molar-refractivity contribution is 5.42. The van der Waals surface area contributed by atoms with Crippen molar-refractivity contribution in [1.29, 1.82) is 0 Å². The van der Waals surface area contributed by atoms with Gasteiger partial charge in [0.25, 0.3) is 0 Å². The number of nitrogens with zero attached hydrogens (tertiary/aromatic N) is 1. The van der Waals surface area contributed by atoms with Crippen LogP contribution in [0.1, 0.15) is 11.3 Å². The van der Waals surface area contributed by atoms with Gasteiger partial charge in [-0.3, -0.25) is 4.90 Å². The summed E-state index contributed by atoms with van der Waals surface area (Å²) in [6.07, 6.45) is 1.75. The van der Waals surface area contributed by atoms with Crippen LogP contribution in [-0.2, 0) is 11.3 Å². The zero-order chi connectivity index (χ0) is 16.1. The van der Waals surface area contributed by atoms with E-state index in [0.29, 0.717) is 13.2 Å². The summed E-state index contributed by atoms with van der Waals surface area (Å²) in [7, 11) is 1.66. The molecule has 1 saturated heterocycles. The largest absolute Gasteiger partial charge is 0.493 e. The zero-order valence-corrected chi connectivity index (χ0v) is 13.7. The molecule has 1 aliphatic heterocycles. The molecule has 1 aliphatic rings. The average Bonchev–Trinajstić information content (AvgIpc) is 3.07. The van der Waals surface area contributed by atoms with Crippen molar-refractivity contribution in [1.82, 2.24) is 4.90 Å². The second kappa shape index (κ2) is 7.53. The summed E-state index contributed by atoms with van der Waals surface area (Å²) in [6, 6.07) is 9.85. The lowest BCUT2D eigenvalue weighted by atomic mass is 10.2. The monoisotopic (exact) mass is 317 g/mol. The summed E-state index contributed by atoms with van der Waals surface area (Å²) < 4.78 is 22.5. The number of furan rings is 1. The maximum absolute atomic E-state index is 5.91. The summed E-state index contributed by atoms with van der Waals surface area (Å²) >= 11 is 0. The van der Waals surface area contributed by atoms with Gasteiger partial charge in [-0.2, -0.15) is 0 Å². The Kier molecular flexibility index (Phi) is 5.20. The molecule has 1 atom stereocenters. The highest BCUT2D eigenvalue weighted by atomic mass is 16.5. The predicted octanol–water partition coefficient (Wildman–Crippen LogP) is 2.88. The van der Waals surface area contributed by atoms with E-state index in [2.05, 4.69) is 4.90 Å². The van der Waals surface area contributed by atoms with Gasteiger partial charge >= 0.3 is 0 Å². The molecule has 124 valence electrons. The predicted molar refractivity (Wildman–Crippen MR) is 87.0 cm³/mol. The molecule has 1 aromatic carbocycles. The zero-order valence-electron chi connectivity index (χ0n) is 13.7. The third-order valence-electron chi connectivity index (χ3n) is 3.93. The molecule has 3 rings (SSSR count). The highest BCUT2D eigenvalue weighted by Crippen LogP contribution is 2.28. The van der Waals surface area contributed by atoms with E-state index in [-0.39, 0.29) is 6.10 Å². The Labute approximate surface area is 136 Å². The first-order chi connectivity index (χ1) is 11.2. The smallest absolute Gasteiger partial charge is 0.161 e. The molecular formula is C18H23NO4. The maximum Gasteiger partial charge on any atom is 0.161 e. The summed E-state index contributed by atoms with van der Waals surface area (Å²) in [5.74, 6) is 2.49. The Morgan fingerprint density at radius 1 is 1.26 bits per heavy atom. The van der Waals surface area contributed by atoms with Crippen LogP contribution >= 0.6 is 0 Å². The molecule has 0 saturated carbocycles. The van der Waals surface area contributed by atoms with Crippen LogP contribution in [0, 0.1) is 6.92 Å². The third-order valence-corrected chi connectivity index (χ3v) is 3.93. The number of benzene rings is 1. The standard InChI is InChI=1S/C18H23NO4/c1-14-5-6-17(18(10-14)20-2)23-13-16-12-19(7-9-22-16)11-15-4-3-8-21-15/h3-6,8,10,16H,7,9,11-13H2,1-2H3/t16-/m0/s1. The van der Waals surface area contributed by atoms with Crippen molar-refractivity contribution in [3.05, 3.63) is 47.9 Å². The van der Waals surface area contributed by atoms with Gasteiger partial charge in [0.1, 0.15) is 18.5 Å². The van der Waals surface area contributed by atoms with Crippen molar-refractivity contribution >= 4 is 0 Å². The Hall–Kier alpha value is -1.98. The van der Waals surface area contributed by atoms with Gasteiger partial charge in [0, 0.05) is 13.1 Å². The number of aryl methyl sites for hydroxylation is 1. The maximum atomic E-state index is 5.91. The molecule has 1 aromatic heterocycles. The molecular weight excluding hydrogens is 294 g/mol. The van der Waals surface area contributed by atoms with E-state index in [9.17, 15) is 0 Å². The fourth-order valence-electron chi connectivity index (χ4n) is 2.72. The molecule has 5 nitrogen and oxygen atoms in total. The van der Waals surface area contributed by atoms with Crippen LogP contribution in [0.3, 0.4) is 0 Å². The fraction of sp³-hybridized carbons (Fsp3) is 0.444. The average molecular weight is 317 g/mol. The molecule has 0 radical (unpaired) electrons. The Morgan fingerprint density at radius 2 is 2.17 bits per heavy atom.